The minimum absolute atomic E-state index is 0.0249. The van der Waals surface area contributed by atoms with Gasteiger partial charge in [-0.2, -0.15) is 0 Å². The minimum Gasteiger partial charge on any atom is -0.481 e. The van der Waals surface area contributed by atoms with Crippen LogP contribution in [0.5, 0.6) is 0 Å². The molecule has 0 spiro atoms. The molecule has 2 fully saturated rings. The summed E-state index contributed by atoms with van der Waals surface area (Å²) in [5.41, 5.74) is 0.380. The van der Waals surface area contributed by atoms with Gasteiger partial charge in [-0.3, -0.25) is 9.59 Å². The highest BCUT2D eigenvalue weighted by Gasteiger charge is 2.42. The second-order valence-corrected chi connectivity index (χ2v) is 7.74. The van der Waals surface area contributed by atoms with Crippen molar-refractivity contribution in [1.29, 1.82) is 0 Å². The molecule has 21 heavy (non-hydrogen) atoms. The summed E-state index contributed by atoms with van der Waals surface area (Å²) < 4.78 is 0. The first kappa shape index (κ1) is 16.3. The average molecular weight is 295 g/mol. The fraction of sp³-hybridized carbons (Fsp3) is 0.882. The third kappa shape index (κ3) is 3.98. The quantitative estimate of drug-likeness (QED) is 0.837. The number of hydrogen-bond donors (Lipinski definition) is 2. The lowest BCUT2D eigenvalue weighted by Crippen LogP contribution is -2.43. The maximum atomic E-state index is 12.5. The van der Waals surface area contributed by atoms with E-state index in [1.165, 1.54) is 0 Å². The second-order valence-electron chi connectivity index (χ2n) is 7.74. The van der Waals surface area contributed by atoms with Crippen molar-refractivity contribution in [2.75, 3.05) is 0 Å². The van der Waals surface area contributed by atoms with E-state index in [4.69, 9.17) is 0 Å². The van der Waals surface area contributed by atoms with Gasteiger partial charge in [-0.15, -0.1) is 0 Å². The lowest BCUT2D eigenvalue weighted by atomic mass is 9.75. The molecule has 1 amide bonds. The zero-order valence-electron chi connectivity index (χ0n) is 13.5. The number of hydrogen-bond acceptors (Lipinski definition) is 2. The smallest absolute Gasteiger partial charge is 0.307 e. The third-order valence-electron chi connectivity index (χ3n) is 5.58. The van der Waals surface area contributed by atoms with E-state index in [0.717, 1.165) is 38.5 Å². The first-order valence-corrected chi connectivity index (χ1v) is 8.35. The summed E-state index contributed by atoms with van der Waals surface area (Å²) in [6, 6.07) is 0.237. The van der Waals surface area contributed by atoms with E-state index in [2.05, 4.69) is 26.1 Å². The molecular weight excluding hydrogens is 266 g/mol. The van der Waals surface area contributed by atoms with Crippen LogP contribution in [0, 0.1) is 23.2 Å². The van der Waals surface area contributed by atoms with E-state index in [1.54, 1.807) is 0 Å². The van der Waals surface area contributed by atoms with E-state index in [-0.39, 0.29) is 17.9 Å². The molecule has 0 aliphatic heterocycles. The van der Waals surface area contributed by atoms with Crippen molar-refractivity contribution < 1.29 is 14.7 Å². The van der Waals surface area contributed by atoms with E-state index in [9.17, 15) is 14.7 Å². The Morgan fingerprint density at radius 1 is 1.14 bits per heavy atom. The number of nitrogens with one attached hydrogen (secondary N) is 1. The number of aliphatic carboxylic acids is 1. The van der Waals surface area contributed by atoms with Gasteiger partial charge >= 0.3 is 5.97 Å². The molecule has 0 aromatic carbocycles. The molecule has 1 unspecified atom stereocenters. The van der Waals surface area contributed by atoms with Crippen molar-refractivity contribution in [2.45, 2.75) is 71.8 Å². The van der Waals surface area contributed by atoms with Gasteiger partial charge in [0, 0.05) is 6.04 Å². The number of carbonyl (C=O) groups excluding carboxylic acids is 1. The van der Waals surface area contributed by atoms with E-state index < -0.39 is 11.9 Å². The summed E-state index contributed by atoms with van der Waals surface area (Å²) >= 11 is 0. The molecule has 2 aliphatic rings. The van der Waals surface area contributed by atoms with Crippen LogP contribution in [-0.4, -0.2) is 23.0 Å². The van der Waals surface area contributed by atoms with Crippen LogP contribution in [0.15, 0.2) is 0 Å². The topological polar surface area (TPSA) is 66.4 Å². The van der Waals surface area contributed by atoms with Crippen LogP contribution in [0.2, 0.25) is 0 Å². The van der Waals surface area contributed by atoms with E-state index in [0.29, 0.717) is 17.8 Å². The van der Waals surface area contributed by atoms with Crippen LogP contribution < -0.4 is 5.32 Å². The number of carboxylic acid groups (broad SMARTS) is 1. The highest BCUT2D eigenvalue weighted by molar-refractivity contribution is 5.85. The summed E-state index contributed by atoms with van der Waals surface area (Å²) in [5.74, 6) is -1.27. The number of carboxylic acids is 1. The van der Waals surface area contributed by atoms with Crippen molar-refractivity contribution in [3.05, 3.63) is 0 Å². The monoisotopic (exact) mass is 295 g/mol. The van der Waals surface area contributed by atoms with Crippen molar-refractivity contribution in [3.63, 3.8) is 0 Å². The van der Waals surface area contributed by atoms with Crippen molar-refractivity contribution >= 4 is 11.9 Å². The molecule has 4 heteroatoms. The fourth-order valence-corrected chi connectivity index (χ4v) is 3.89. The molecule has 0 saturated heterocycles. The molecule has 2 rings (SSSR count). The lowest BCUT2D eigenvalue weighted by molar-refractivity contribution is -0.146. The standard InChI is InChI=1S/C17H29NO3/c1-4-11-9-13(14(10-11)16(20)21)15(19)18-12-5-7-17(2,3)8-6-12/h11-14H,4-10H2,1-3H3,(H,18,19)(H,20,21)/t11?,13-,14+/m0/s1. The van der Waals surface area contributed by atoms with Crippen LogP contribution in [0.25, 0.3) is 0 Å². The Balaban J connectivity index is 1.92. The Hall–Kier alpha value is -1.06. The summed E-state index contributed by atoms with van der Waals surface area (Å²) in [7, 11) is 0. The molecule has 2 aliphatic carbocycles. The van der Waals surface area contributed by atoms with Crippen LogP contribution in [0.3, 0.4) is 0 Å². The third-order valence-corrected chi connectivity index (χ3v) is 5.58. The fourth-order valence-electron chi connectivity index (χ4n) is 3.89. The van der Waals surface area contributed by atoms with Gasteiger partial charge < -0.3 is 10.4 Å². The number of carbonyl (C=O) groups is 2. The molecule has 0 aromatic heterocycles. The predicted molar refractivity (Wildman–Crippen MR) is 81.8 cm³/mol. The molecule has 3 atom stereocenters. The van der Waals surface area contributed by atoms with Crippen LogP contribution in [-0.2, 0) is 9.59 Å². The van der Waals surface area contributed by atoms with Gasteiger partial charge in [0.1, 0.15) is 0 Å². The molecule has 120 valence electrons. The summed E-state index contributed by atoms with van der Waals surface area (Å²) in [6.45, 7) is 6.62. The molecule has 4 nitrogen and oxygen atoms in total. The molecule has 2 N–H and O–H groups in total. The van der Waals surface area contributed by atoms with Crippen LogP contribution in [0.4, 0.5) is 0 Å². The Bertz CT molecular complexity index is 395. The first-order valence-electron chi connectivity index (χ1n) is 8.35. The molecule has 0 bridgehead atoms. The summed E-state index contributed by atoms with van der Waals surface area (Å²) in [6.07, 6.45) is 6.64. The van der Waals surface area contributed by atoms with Gasteiger partial charge in [0.05, 0.1) is 11.8 Å². The Morgan fingerprint density at radius 3 is 2.24 bits per heavy atom. The molecule has 0 aromatic rings. The lowest BCUT2D eigenvalue weighted by Gasteiger charge is -2.35. The highest BCUT2D eigenvalue weighted by Crippen LogP contribution is 2.39. The van der Waals surface area contributed by atoms with Crippen molar-refractivity contribution in [1.82, 2.24) is 5.32 Å². The average Bonchev–Trinajstić information content (AvgIpc) is 2.85. The minimum atomic E-state index is -0.809. The SMILES string of the molecule is CCC1C[C@H](C(=O)NC2CCC(C)(C)CC2)[C@H](C(=O)O)C1. The Morgan fingerprint density at radius 2 is 1.71 bits per heavy atom. The first-order chi connectivity index (χ1) is 9.82. The second kappa shape index (κ2) is 6.37. The van der Waals surface area contributed by atoms with Gasteiger partial charge in [-0.05, 0) is 49.9 Å². The molecule has 0 heterocycles. The van der Waals surface area contributed by atoms with Crippen LogP contribution >= 0.6 is 0 Å². The van der Waals surface area contributed by atoms with Gasteiger partial charge in [0.25, 0.3) is 0 Å². The largest absolute Gasteiger partial charge is 0.481 e. The number of rotatable bonds is 4. The maximum absolute atomic E-state index is 12.5. The summed E-state index contributed by atoms with van der Waals surface area (Å²) in [5, 5.41) is 12.5. The Kier molecular flexibility index (Phi) is 4.95. The summed E-state index contributed by atoms with van der Waals surface area (Å²) in [4.78, 5) is 23.9. The zero-order chi connectivity index (χ0) is 15.6. The Labute approximate surface area is 127 Å². The van der Waals surface area contributed by atoms with Crippen molar-refractivity contribution in [3.8, 4) is 0 Å². The van der Waals surface area contributed by atoms with Gasteiger partial charge in [0.15, 0.2) is 0 Å². The van der Waals surface area contributed by atoms with Gasteiger partial charge in [-0.25, -0.2) is 0 Å². The highest BCUT2D eigenvalue weighted by atomic mass is 16.4. The maximum Gasteiger partial charge on any atom is 0.307 e. The van der Waals surface area contributed by atoms with E-state index in [1.807, 2.05) is 0 Å². The van der Waals surface area contributed by atoms with Crippen LogP contribution in [0.1, 0.15) is 65.7 Å². The van der Waals surface area contributed by atoms with Gasteiger partial charge in [0.2, 0.25) is 5.91 Å². The molecular formula is C17H29NO3. The van der Waals surface area contributed by atoms with Crippen molar-refractivity contribution in [2.24, 2.45) is 23.2 Å². The molecule has 2 saturated carbocycles. The van der Waals surface area contributed by atoms with Gasteiger partial charge in [-0.1, -0.05) is 27.2 Å². The predicted octanol–water partition coefficient (Wildman–Crippen LogP) is 3.21. The zero-order valence-corrected chi connectivity index (χ0v) is 13.5. The molecule has 0 radical (unpaired) electrons. The van der Waals surface area contributed by atoms with E-state index >= 15 is 0 Å². The normalized spacial score (nSPS) is 32.8. The number of amides is 1.